The van der Waals surface area contributed by atoms with Crippen molar-refractivity contribution < 1.29 is 5.11 Å². The molecular weight excluding hydrogens is 276 g/mol. The number of hydrogen-bond acceptors (Lipinski definition) is 4. The molecule has 0 aliphatic carbocycles. The quantitative estimate of drug-likeness (QED) is 0.751. The molecule has 0 saturated carbocycles. The predicted molar refractivity (Wildman–Crippen MR) is 74.7 cm³/mol. The van der Waals surface area contributed by atoms with E-state index >= 15 is 0 Å². The minimum atomic E-state index is -0.866. The highest BCUT2D eigenvalue weighted by Gasteiger charge is 2.17. The minimum absolute atomic E-state index is 0.385. The lowest BCUT2D eigenvalue weighted by Gasteiger charge is -2.12. The molecule has 5 nitrogen and oxygen atoms in total. The largest absolute Gasteiger partial charge is 0.382 e. The summed E-state index contributed by atoms with van der Waals surface area (Å²) >= 11 is 5.75. The number of halogens is 1. The van der Waals surface area contributed by atoms with Crippen LogP contribution in [0.5, 0.6) is 0 Å². The van der Waals surface area contributed by atoms with Gasteiger partial charge in [0.2, 0.25) is 0 Å². The van der Waals surface area contributed by atoms with E-state index in [0.29, 0.717) is 16.4 Å². The first kappa shape index (κ1) is 12.8. The molecule has 0 radical (unpaired) electrons. The van der Waals surface area contributed by atoms with Crippen molar-refractivity contribution in [1.82, 2.24) is 20.0 Å². The number of aliphatic hydroxyl groups excluding tert-OH is 1. The molecule has 2 heterocycles. The van der Waals surface area contributed by atoms with Gasteiger partial charge in [-0.2, -0.15) is 0 Å². The Labute approximate surface area is 120 Å². The van der Waals surface area contributed by atoms with Crippen LogP contribution in [0, 0.1) is 0 Å². The second-order valence-corrected chi connectivity index (χ2v) is 4.61. The van der Waals surface area contributed by atoms with Gasteiger partial charge < -0.3 is 5.11 Å². The number of aliphatic hydroxyl groups is 1. The summed E-state index contributed by atoms with van der Waals surface area (Å²) in [5, 5.41) is 18.7. The van der Waals surface area contributed by atoms with E-state index in [2.05, 4.69) is 15.3 Å². The summed E-state index contributed by atoms with van der Waals surface area (Å²) in [6, 6.07) is 12.9. The van der Waals surface area contributed by atoms with Crippen LogP contribution in [0.3, 0.4) is 0 Å². The Morgan fingerprint density at radius 3 is 2.55 bits per heavy atom. The average molecular weight is 287 g/mol. The molecule has 3 rings (SSSR count). The number of nitrogens with zero attached hydrogens (tertiary/aromatic N) is 4. The van der Waals surface area contributed by atoms with Crippen molar-refractivity contribution in [2.24, 2.45) is 0 Å². The fourth-order valence-corrected chi connectivity index (χ4v) is 2.03. The molecule has 0 saturated heterocycles. The van der Waals surface area contributed by atoms with Crippen LogP contribution >= 0.6 is 11.6 Å². The van der Waals surface area contributed by atoms with Crippen LogP contribution in [-0.2, 0) is 0 Å². The van der Waals surface area contributed by atoms with Gasteiger partial charge in [0.15, 0.2) is 0 Å². The molecule has 3 aromatic rings. The van der Waals surface area contributed by atoms with Crippen LogP contribution in [-0.4, -0.2) is 25.1 Å². The van der Waals surface area contributed by atoms with Crippen molar-refractivity contribution in [1.29, 1.82) is 0 Å². The molecule has 2 aromatic heterocycles. The average Bonchev–Trinajstić information content (AvgIpc) is 2.97. The van der Waals surface area contributed by atoms with Gasteiger partial charge in [0.1, 0.15) is 11.3 Å². The maximum Gasteiger partial charge on any atom is 0.129 e. The van der Waals surface area contributed by atoms with E-state index in [1.54, 1.807) is 16.8 Å². The third-order valence-electron chi connectivity index (χ3n) is 2.92. The maximum atomic E-state index is 10.4. The van der Waals surface area contributed by atoms with Gasteiger partial charge in [-0.25, -0.2) is 9.67 Å². The van der Waals surface area contributed by atoms with E-state index in [1.165, 1.54) is 12.4 Å². The summed E-state index contributed by atoms with van der Waals surface area (Å²) in [4.78, 5) is 3.97. The first-order valence-electron chi connectivity index (χ1n) is 6.01. The summed E-state index contributed by atoms with van der Waals surface area (Å²) in [6.07, 6.45) is 2.21. The molecular formula is C14H11ClN4O. The van der Waals surface area contributed by atoms with Gasteiger partial charge in [-0.3, -0.25) is 0 Å². The molecule has 1 atom stereocenters. The Balaban J connectivity index is 1.99. The Kier molecular flexibility index (Phi) is 3.45. The number of rotatable bonds is 3. The molecule has 0 amide bonds. The fraction of sp³-hybridized carbons (Fsp3) is 0.0714. The lowest BCUT2D eigenvalue weighted by molar-refractivity contribution is 0.211. The highest BCUT2D eigenvalue weighted by Crippen LogP contribution is 2.23. The lowest BCUT2D eigenvalue weighted by Crippen LogP contribution is -2.08. The third kappa shape index (κ3) is 2.41. The highest BCUT2D eigenvalue weighted by molar-refractivity contribution is 6.29. The van der Waals surface area contributed by atoms with Gasteiger partial charge in [-0.15, -0.1) is 5.10 Å². The number of para-hydroxylation sites is 1. The van der Waals surface area contributed by atoms with Crippen LogP contribution in [0.4, 0.5) is 0 Å². The molecule has 0 spiro atoms. The smallest absolute Gasteiger partial charge is 0.129 e. The van der Waals surface area contributed by atoms with Crippen molar-refractivity contribution in [3.05, 3.63) is 71.3 Å². The molecule has 0 fully saturated rings. The summed E-state index contributed by atoms with van der Waals surface area (Å²) in [6.45, 7) is 0. The van der Waals surface area contributed by atoms with Crippen molar-refractivity contribution in [3.8, 4) is 5.69 Å². The van der Waals surface area contributed by atoms with Crippen LogP contribution in [0.2, 0.25) is 5.15 Å². The Bertz CT molecular complexity index is 697. The van der Waals surface area contributed by atoms with E-state index in [1.807, 2.05) is 30.3 Å². The van der Waals surface area contributed by atoms with E-state index < -0.39 is 6.10 Å². The highest BCUT2D eigenvalue weighted by atomic mass is 35.5. The van der Waals surface area contributed by atoms with Crippen LogP contribution < -0.4 is 0 Å². The summed E-state index contributed by atoms with van der Waals surface area (Å²) in [5.74, 6) is 0. The number of pyridine rings is 1. The van der Waals surface area contributed by atoms with Gasteiger partial charge in [0.25, 0.3) is 0 Å². The van der Waals surface area contributed by atoms with Crippen LogP contribution in [0.15, 0.2) is 54.9 Å². The van der Waals surface area contributed by atoms with Gasteiger partial charge in [0, 0.05) is 11.8 Å². The summed E-state index contributed by atoms with van der Waals surface area (Å²) in [5.41, 5.74) is 2.04. The number of aromatic nitrogens is 4. The standard InChI is InChI=1S/C14H11ClN4O/c15-13-7-6-10(8-16-13)14(20)12-9-17-18-19(12)11-4-2-1-3-5-11/h1-9,14,20H. The zero-order valence-electron chi connectivity index (χ0n) is 10.4. The van der Waals surface area contributed by atoms with Gasteiger partial charge in [-0.1, -0.05) is 41.1 Å². The van der Waals surface area contributed by atoms with Gasteiger partial charge >= 0.3 is 0 Å². The van der Waals surface area contributed by atoms with Gasteiger partial charge in [0.05, 0.1) is 17.6 Å². The van der Waals surface area contributed by atoms with Crippen molar-refractivity contribution in [2.75, 3.05) is 0 Å². The first-order valence-corrected chi connectivity index (χ1v) is 6.39. The number of benzene rings is 1. The number of hydrogen-bond donors (Lipinski definition) is 1. The van der Waals surface area contributed by atoms with E-state index in [0.717, 1.165) is 5.69 Å². The summed E-state index contributed by atoms with van der Waals surface area (Å²) in [7, 11) is 0. The van der Waals surface area contributed by atoms with Gasteiger partial charge in [-0.05, 0) is 18.2 Å². The molecule has 1 aromatic carbocycles. The minimum Gasteiger partial charge on any atom is -0.382 e. The van der Waals surface area contributed by atoms with Crippen molar-refractivity contribution in [2.45, 2.75) is 6.10 Å². The van der Waals surface area contributed by atoms with Crippen molar-refractivity contribution in [3.63, 3.8) is 0 Å². The molecule has 100 valence electrons. The second-order valence-electron chi connectivity index (χ2n) is 4.22. The Morgan fingerprint density at radius 1 is 1.05 bits per heavy atom. The zero-order chi connectivity index (χ0) is 13.9. The topological polar surface area (TPSA) is 63.8 Å². The zero-order valence-corrected chi connectivity index (χ0v) is 11.1. The fourth-order valence-electron chi connectivity index (χ4n) is 1.92. The predicted octanol–water partition coefficient (Wildman–Crippen LogP) is 2.40. The molecule has 20 heavy (non-hydrogen) atoms. The Morgan fingerprint density at radius 2 is 1.85 bits per heavy atom. The molecule has 1 unspecified atom stereocenters. The molecule has 0 bridgehead atoms. The van der Waals surface area contributed by atoms with E-state index in [-0.39, 0.29) is 0 Å². The van der Waals surface area contributed by atoms with Crippen molar-refractivity contribution >= 4 is 11.6 Å². The van der Waals surface area contributed by atoms with Crippen LogP contribution in [0.25, 0.3) is 5.69 Å². The third-order valence-corrected chi connectivity index (χ3v) is 3.15. The molecule has 0 aliphatic rings. The van der Waals surface area contributed by atoms with E-state index in [9.17, 15) is 5.11 Å². The Hall–Kier alpha value is -2.24. The molecule has 0 aliphatic heterocycles. The monoisotopic (exact) mass is 286 g/mol. The maximum absolute atomic E-state index is 10.4. The molecule has 6 heteroatoms. The SMILES string of the molecule is OC(c1ccc(Cl)nc1)c1cnnn1-c1ccccc1. The summed E-state index contributed by atoms with van der Waals surface area (Å²) < 4.78 is 1.60. The first-order chi connectivity index (χ1) is 9.75. The van der Waals surface area contributed by atoms with E-state index in [4.69, 9.17) is 11.6 Å². The normalized spacial score (nSPS) is 12.3. The molecule has 1 N–H and O–H groups in total. The lowest BCUT2D eigenvalue weighted by atomic mass is 10.1. The second kappa shape index (κ2) is 5.40. The van der Waals surface area contributed by atoms with Crippen LogP contribution in [0.1, 0.15) is 17.4 Å².